The van der Waals surface area contributed by atoms with E-state index in [0.29, 0.717) is 11.0 Å². The lowest BCUT2D eigenvalue weighted by Gasteiger charge is -2.37. The lowest BCUT2D eigenvalue weighted by Crippen LogP contribution is -2.45. The minimum absolute atomic E-state index is 0.103. The predicted molar refractivity (Wildman–Crippen MR) is 77.3 cm³/mol. The molecule has 0 bridgehead atoms. The highest BCUT2D eigenvalue weighted by Gasteiger charge is 2.24. The maximum atomic E-state index is 12.1. The topological polar surface area (TPSA) is 84.4 Å². The summed E-state index contributed by atoms with van der Waals surface area (Å²) in [4.78, 5) is 14.3. The van der Waals surface area contributed by atoms with Crippen molar-refractivity contribution >= 4 is 21.6 Å². The molecule has 1 saturated heterocycles. The second-order valence-electron chi connectivity index (χ2n) is 4.67. The number of piperidine rings is 1. The molecule has 1 aliphatic heterocycles. The van der Waals surface area contributed by atoms with Crippen LogP contribution in [0.1, 0.15) is 19.3 Å². The van der Waals surface area contributed by atoms with Crippen molar-refractivity contribution in [1.82, 2.24) is 9.78 Å². The second kappa shape index (κ2) is 6.49. The molecule has 2 heterocycles. The van der Waals surface area contributed by atoms with E-state index < -0.39 is 0 Å². The molecule has 3 N–H and O–H groups in total. The molecule has 2 rings (SSSR count). The fourth-order valence-electron chi connectivity index (χ4n) is 2.47. The number of hydrogen-bond acceptors (Lipinski definition) is 5. The Labute approximate surface area is 120 Å². The summed E-state index contributed by atoms with van der Waals surface area (Å²) in [5.74, 6) is 0. The molecule has 1 fully saturated rings. The molecule has 0 aromatic carbocycles. The highest BCUT2D eigenvalue weighted by molar-refractivity contribution is 9.10. The van der Waals surface area contributed by atoms with Crippen molar-refractivity contribution < 1.29 is 5.11 Å². The molecule has 6 nitrogen and oxygen atoms in total. The van der Waals surface area contributed by atoms with E-state index in [1.54, 1.807) is 6.20 Å². The maximum Gasteiger partial charge on any atom is 0.283 e. The first-order chi connectivity index (χ1) is 9.19. The summed E-state index contributed by atoms with van der Waals surface area (Å²) in [7, 11) is 0. The quantitative estimate of drug-likeness (QED) is 0.830. The first-order valence-corrected chi connectivity index (χ1v) is 7.31. The van der Waals surface area contributed by atoms with Crippen LogP contribution < -0.4 is 16.2 Å². The monoisotopic (exact) mass is 330 g/mol. The van der Waals surface area contributed by atoms with Crippen molar-refractivity contribution in [3.8, 4) is 0 Å². The van der Waals surface area contributed by atoms with Crippen molar-refractivity contribution in [1.29, 1.82) is 0 Å². The first kappa shape index (κ1) is 14.5. The Hall–Kier alpha value is -0.920. The molecule has 19 heavy (non-hydrogen) atoms. The van der Waals surface area contributed by atoms with Gasteiger partial charge < -0.3 is 15.7 Å². The summed E-state index contributed by atoms with van der Waals surface area (Å²) >= 11 is 3.36. The van der Waals surface area contributed by atoms with Gasteiger partial charge in [-0.2, -0.15) is 5.10 Å². The Morgan fingerprint density at radius 1 is 1.53 bits per heavy atom. The van der Waals surface area contributed by atoms with Gasteiger partial charge in [-0.15, -0.1) is 0 Å². The van der Waals surface area contributed by atoms with E-state index in [-0.39, 0.29) is 24.8 Å². The van der Waals surface area contributed by atoms with Gasteiger partial charge in [0.05, 0.1) is 25.0 Å². The van der Waals surface area contributed by atoms with Crippen molar-refractivity contribution in [2.45, 2.75) is 31.8 Å². The SMILES string of the molecule is NCC1CCCCN1c1cnn(CCO)c(=O)c1Br. The van der Waals surface area contributed by atoms with Gasteiger partial charge in [0.2, 0.25) is 0 Å². The third-order valence-electron chi connectivity index (χ3n) is 3.49. The van der Waals surface area contributed by atoms with E-state index in [9.17, 15) is 4.79 Å². The fraction of sp³-hybridized carbons (Fsp3) is 0.667. The molecule has 1 atom stereocenters. The van der Waals surface area contributed by atoms with Gasteiger partial charge in [-0.25, -0.2) is 4.68 Å². The molecule has 1 unspecified atom stereocenters. The van der Waals surface area contributed by atoms with Gasteiger partial charge in [-0.1, -0.05) is 0 Å². The molecule has 0 spiro atoms. The van der Waals surface area contributed by atoms with E-state index in [1.165, 1.54) is 11.1 Å². The molecular formula is C12H19BrN4O2. The van der Waals surface area contributed by atoms with Gasteiger partial charge in [0, 0.05) is 19.1 Å². The summed E-state index contributed by atoms with van der Waals surface area (Å²) in [5.41, 5.74) is 6.39. The summed E-state index contributed by atoms with van der Waals surface area (Å²) in [6.45, 7) is 1.57. The number of nitrogens with two attached hydrogens (primary N) is 1. The minimum atomic E-state index is -0.215. The Balaban J connectivity index is 2.34. The predicted octanol–water partition coefficient (Wildman–Crippen LogP) is 0.316. The van der Waals surface area contributed by atoms with Crippen LogP contribution >= 0.6 is 15.9 Å². The standard InChI is InChI=1S/C12H19BrN4O2/c13-11-10(8-15-17(5-6-18)12(11)19)16-4-2-1-3-9(16)7-14/h8-9,18H,1-7,14H2. The molecule has 7 heteroatoms. The summed E-state index contributed by atoms with van der Waals surface area (Å²) in [6, 6.07) is 0.264. The van der Waals surface area contributed by atoms with E-state index in [0.717, 1.165) is 25.1 Å². The van der Waals surface area contributed by atoms with Gasteiger partial charge in [-0.05, 0) is 35.2 Å². The minimum Gasteiger partial charge on any atom is -0.394 e. The van der Waals surface area contributed by atoms with Crippen LogP contribution in [0.25, 0.3) is 0 Å². The molecule has 106 valence electrons. The largest absolute Gasteiger partial charge is 0.394 e. The highest BCUT2D eigenvalue weighted by atomic mass is 79.9. The number of aliphatic hydroxyl groups is 1. The van der Waals surface area contributed by atoms with Gasteiger partial charge in [0.1, 0.15) is 4.47 Å². The summed E-state index contributed by atoms with van der Waals surface area (Å²) < 4.78 is 1.76. The number of nitrogens with zero attached hydrogens (tertiary/aromatic N) is 3. The molecule has 1 aromatic rings. The Morgan fingerprint density at radius 3 is 3.00 bits per heavy atom. The number of aromatic nitrogens is 2. The lowest BCUT2D eigenvalue weighted by molar-refractivity contribution is 0.266. The molecule has 0 amide bonds. The van der Waals surface area contributed by atoms with Crippen LogP contribution in [0, 0.1) is 0 Å². The van der Waals surface area contributed by atoms with Crippen molar-refractivity contribution in [2.24, 2.45) is 5.73 Å². The van der Waals surface area contributed by atoms with Crippen LogP contribution in [-0.4, -0.2) is 40.6 Å². The fourth-order valence-corrected chi connectivity index (χ4v) is 3.01. The third-order valence-corrected chi connectivity index (χ3v) is 4.23. The molecule has 0 saturated carbocycles. The van der Waals surface area contributed by atoms with Crippen LogP contribution in [-0.2, 0) is 6.54 Å². The number of rotatable bonds is 4. The number of hydrogen-bond donors (Lipinski definition) is 2. The normalized spacial score (nSPS) is 19.7. The zero-order valence-electron chi connectivity index (χ0n) is 10.8. The van der Waals surface area contributed by atoms with E-state index in [4.69, 9.17) is 10.8 Å². The highest BCUT2D eigenvalue weighted by Crippen LogP contribution is 2.28. The van der Waals surface area contributed by atoms with Gasteiger partial charge in [0.15, 0.2) is 0 Å². The molecule has 0 radical (unpaired) electrons. The zero-order valence-corrected chi connectivity index (χ0v) is 12.3. The number of anilines is 1. The smallest absolute Gasteiger partial charge is 0.283 e. The Morgan fingerprint density at radius 2 is 2.32 bits per heavy atom. The average Bonchev–Trinajstić information content (AvgIpc) is 2.44. The number of aliphatic hydroxyl groups excluding tert-OH is 1. The molecule has 1 aromatic heterocycles. The maximum absolute atomic E-state index is 12.1. The third kappa shape index (κ3) is 2.98. The van der Waals surface area contributed by atoms with Gasteiger partial charge in [-0.3, -0.25) is 4.79 Å². The molecule has 1 aliphatic rings. The van der Waals surface area contributed by atoms with Gasteiger partial charge in [0.25, 0.3) is 5.56 Å². The van der Waals surface area contributed by atoms with Crippen LogP contribution in [0.5, 0.6) is 0 Å². The van der Waals surface area contributed by atoms with E-state index in [1.807, 2.05) is 0 Å². The Bertz CT molecular complexity index is 491. The van der Waals surface area contributed by atoms with Crippen LogP contribution in [0.15, 0.2) is 15.5 Å². The van der Waals surface area contributed by atoms with Crippen molar-refractivity contribution in [2.75, 3.05) is 24.6 Å². The van der Waals surface area contributed by atoms with Gasteiger partial charge >= 0.3 is 0 Å². The molecule has 0 aliphatic carbocycles. The lowest BCUT2D eigenvalue weighted by atomic mass is 10.0. The van der Waals surface area contributed by atoms with Crippen LogP contribution in [0.4, 0.5) is 5.69 Å². The summed E-state index contributed by atoms with van der Waals surface area (Å²) in [5, 5.41) is 13.0. The van der Waals surface area contributed by atoms with Crippen LogP contribution in [0.2, 0.25) is 0 Å². The van der Waals surface area contributed by atoms with Crippen molar-refractivity contribution in [3.63, 3.8) is 0 Å². The second-order valence-corrected chi connectivity index (χ2v) is 5.47. The van der Waals surface area contributed by atoms with E-state index in [2.05, 4.69) is 25.9 Å². The summed E-state index contributed by atoms with van der Waals surface area (Å²) in [6.07, 6.45) is 4.99. The average molecular weight is 331 g/mol. The van der Waals surface area contributed by atoms with Crippen LogP contribution in [0.3, 0.4) is 0 Å². The Kier molecular flexibility index (Phi) is 4.95. The first-order valence-electron chi connectivity index (χ1n) is 6.52. The van der Waals surface area contributed by atoms with E-state index >= 15 is 0 Å². The zero-order chi connectivity index (χ0) is 13.8. The van der Waals surface area contributed by atoms with Crippen molar-refractivity contribution in [3.05, 3.63) is 21.0 Å². The number of halogens is 1. The molecular weight excluding hydrogens is 312 g/mol.